The number of fused-ring (bicyclic) bond motifs is 1. The number of carbonyl (C=O) groups excluding carboxylic acids is 1. The normalized spacial score (nSPS) is 15.0. The maximum absolute atomic E-state index is 13.9. The van der Waals surface area contributed by atoms with Gasteiger partial charge in [-0.2, -0.15) is 0 Å². The van der Waals surface area contributed by atoms with Crippen molar-refractivity contribution < 1.29 is 19.0 Å². The van der Waals surface area contributed by atoms with E-state index in [4.69, 9.17) is 25.8 Å². The van der Waals surface area contributed by atoms with E-state index in [2.05, 4.69) is 4.99 Å². The van der Waals surface area contributed by atoms with Crippen LogP contribution in [0.2, 0.25) is 5.02 Å². The van der Waals surface area contributed by atoms with Gasteiger partial charge in [0.2, 0.25) is 0 Å². The van der Waals surface area contributed by atoms with Crippen LogP contribution in [-0.4, -0.2) is 24.8 Å². The number of carbonyl (C=O) groups is 1. The Morgan fingerprint density at radius 1 is 1.05 bits per heavy atom. The molecule has 0 fully saturated rings. The molecule has 0 amide bonds. The average Bonchev–Trinajstić information content (AvgIpc) is 3.25. The number of rotatable bonds is 7. The van der Waals surface area contributed by atoms with Gasteiger partial charge < -0.3 is 14.2 Å². The number of halogens is 1. The highest BCUT2D eigenvalue weighted by Gasteiger charge is 2.35. The van der Waals surface area contributed by atoms with Crippen molar-refractivity contribution in [2.45, 2.75) is 19.6 Å². The lowest BCUT2D eigenvalue weighted by molar-refractivity contribution is -0.136. The van der Waals surface area contributed by atoms with Crippen molar-refractivity contribution in [3.8, 4) is 11.5 Å². The van der Waals surface area contributed by atoms with Gasteiger partial charge in [-0.15, -0.1) is 0 Å². The Balaban J connectivity index is 1.65. The number of allylic oxidation sites excluding steroid dienone is 1. The predicted molar refractivity (Wildman–Crippen MR) is 151 cm³/mol. The quantitative estimate of drug-likeness (QED) is 0.307. The zero-order valence-corrected chi connectivity index (χ0v) is 23.1. The van der Waals surface area contributed by atoms with E-state index in [1.165, 1.54) is 30.1 Å². The fraction of sp³-hybridized carbons (Fsp3) is 0.167. The molecular weight excluding hydrogens is 536 g/mol. The van der Waals surface area contributed by atoms with Crippen LogP contribution in [0.5, 0.6) is 11.5 Å². The number of thiazole rings is 1. The second-order valence-corrected chi connectivity index (χ2v) is 10.2. The molecule has 0 aliphatic carbocycles. The van der Waals surface area contributed by atoms with Gasteiger partial charge in [-0.05, 0) is 42.8 Å². The van der Waals surface area contributed by atoms with Gasteiger partial charge in [0.05, 0.1) is 30.0 Å². The van der Waals surface area contributed by atoms with Gasteiger partial charge in [0.25, 0.3) is 5.56 Å². The number of hydrogen-bond donors (Lipinski definition) is 0. The Morgan fingerprint density at radius 3 is 2.54 bits per heavy atom. The monoisotopic (exact) mass is 560 g/mol. The van der Waals surface area contributed by atoms with E-state index in [1.54, 1.807) is 31.2 Å². The summed E-state index contributed by atoms with van der Waals surface area (Å²) >= 11 is 7.58. The van der Waals surface area contributed by atoms with E-state index >= 15 is 0 Å². The Labute approximate surface area is 233 Å². The van der Waals surface area contributed by atoms with Gasteiger partial charge in [0.15, 0.2) is 4.80 Å². The Kier molecular flexibility index (Phi) is 7.67. The highest BCUT2D eigenvalue weighted by molar-refractivity contribution is 7.07. The van der Waals surface area contributed by atoms with Crippen molar-refractivity contribution in [2.75, 3.05) is 14.2 Å². The van der Waals surface area contributed by atoms with Gasteiger partial charge >= 0.3 is 5.97 Å². The molecule has 5 rings (SSSR count). The molecule has 1 aromatic heterocycles. The number of nitrogens with zero attached hydrogens (tertiary/aromatic N) is 2. The van der Waals surface area contributed by atoms with Crippen molar-refractivity contribution >= 4 is 35.0 Å². The third kappa shape index (κ3) is 5.26. The SMILES string of the molecule is COC(=O)C1=C(C)N=c2s/c(=C\c3ccccc3OCc3ccccc3)c(=O)n2[C@@H]1c1cc(Cl)ccc1OC. The Morgan fingerprint density at radius 2 is 1.79 bits per heavy atom. The minimum absolute atomic E-state index is 0.239. The van der Waals surface area contributed by atoms with E-state index in [0.717, 1.165) is 11.1 Å². The average molecular weight is 561 g/mol. The zero-order valence-electron chi connectivity index (χ0n) is 21.5. The van der Waals surface area contributed by atoms with E-state index in [1.807, 2.05) is 54.6 Å². The summed E-state index contributed by atoms with van der Waals surface area (Å²) in [5, 5.41) is 0.441. The van der Waals surface area contributed by atoms with Crippen LogP contribution in [0.25, 0.3) is 6.08 Å². The predicted octanol–water partition coefficient (Wildman–Crippen LogP) is 4.65. The summed E-state index contributed by atoms with van der Waals surface area (Å²) in [6, 6.07) is 21.6. The van der Waals surface area contributed by atoms with Gasteiger partial charge in [-0.25, -0.2) is 9.79 Å². The van der Waals surface area contributed by atoms with Crippen molar-refractivity contribution in [1.29, 1.82) is 0 Å². The molecule has 0 N–H and O–H groups in total. The molecule has 3 aromatic carbocycles. The molecule has 1 atom stereocenters. The molecule has 198 valence electrons. The first-order chi connectivity index (χ1) is 18.9. The summed E-state index contributed by atoms with van der Waals surface area (Å²) < 4.78 is 18.7. The third-order valence-electron chi connectivity index (χ3n) is 6.36. The highest BCUT2D eigenvalue weighted by atomic mass is 35.5. The van der Waals surface area contributed by atoms with Crippen LogP contribution in [0.4, 0.5) is 0 Å². The number of esters is 1. The van der Waals surface area contributed by atoms with Crippen LogP contribution in [0.15, 0.2) is 93.9 Å². The highest BCUT2D eigenvalue weighted by Crippen LogP contribution is 2.37. The van der Waals surface area contributed by atoms with Crippen LogP contribution >= 0.6 is 22.9 Å². The summed E-state index contributed by atoms with van der Waals surface area (Å²) in [6.45, 7) is 2.11. The summed E-state index contributed by atoms with van der Waals surface area (Å²) in [5.74, 6) is 0.540. The lowest BCUT2D eigenvalue weighted by atomic mass is 9.95. The molecule has 39 heavy (non-hydrogen) atoms. The van der Waals surface area contributed by atoms with Crippen LogP contribution in [0.1, 0.15) is 29.7 Å². The molecule has 1 aliphatic heterocycles. The lowest BCUT2D eigenvalue weighted by Crippen LogP contribution is -2.40. The molecule has 4 aromatic rings. The first-order valence-corrected chi connectivity index (χ1v) is 13.3. The second-order valence-electron chi connectivity index (χ2n) is 8.77. The van der Waals surface area contributed by atoms with Crippen molar-refractivity contribution in [2.24, 2.45) is 4.99 Å². The largest absolute Gasteiger partial charge is 0.496 e. The third-order valence-corrected chi connectivity index (χ3v) is 7.57. The number of hydrogen-bond acceptors (Lipinski definition) is 7. The summed E-state index contributed by atoms with van der Waals surface area (Å²) in [5.41, 5.74) is 2.72. The molecule has 1 aliphatic rings. The summed E-state index contributed by atoms with van der Waals surface area (Å²) in [4.78, 5) is 31.9. The summed E-state index contributed by atoms with van der Waals surface area (Å²) in [7, 11) is 2.82. The smallest absolute Gasteiger partial charge is 0.338 e. The summed E-state index contributed by atoms with van der Waals surface area (Å²) in [6.07, 6.45) is 1.79. The molecule has 0 saturated carbocycles. The molecule has 0 bridgehead atoms. The number of methoxy groups -OCH3 is 2. The van der Waals surface area contributed by atoms with Crippen molar-refractivity contribution in [3.63, 3.8) is 0 Å². The Hall–Kier alpha value is -4.14. The van der Waals surface area contributed by atoms with Crippen LogP contribution in [0.3, 0.4) is 0 Å². The molecule has 7 nitrogen and oxygen atoms in total. The molecule has 0 unspecified atom stereocenters. The van der Waals surface area contributed by atoms with E-state index < -0.39 is 12.0 Å². The standard InChI is InChI=1S/C30H25ClN2O5S/c1-18-26(29(35)37-3)27(22-16-21(31)13-14-24(22)36-2)33-28(34)25(39-30(33)32-18)15-20-11-7-8-12-23(20)38-17-19-9-5-4-6-10-19/h4-16,27H,17H2,1-3H3/b25-15-/t27-/m1/s1. The molecular formula is C30H25ClN2O5S. The lowest BCUT2D eigenvalue weighted by Gasteiger charge is -2.25. The first-order valence-electron chi connectivity index (χ1n) is 12.1. The molecule has 0 spiro atoms. The number of benzene rings is 3. The minimum Gasteiger partial charge on any atom is -0.496 e. The fourth-order valence-electron chi connectivity index (χ4n) is 4.51. The van der Waals surface area contributed by atoms with E-state index in [0.29, 0.717) is 43.7 Å². The molecule has 0 radical (unpaired) electrons. The first kappa shape index (κ1) is 26.5. The van der Waals surface area contributed by atoms with Gasteiger partial charge in [0.1, 0.15) is 24.1 Å². The zero-order chi connectivity index (χ0) is 27.5. The number of ether oxygens (including phenoxy) is 3. The maximum atomic E-state index is 13.9. The van der Waals surface area contributed by atoms with Crippen molar-refractivity contribution in [3.05, 3.63) is 125 Å². The van der Waals surface area contributed by atoms with Gasteiger partial charge in [-0.3, -0.25) is 9.36 Å². The molecule has 9 heteroatoms. The van der Waals surface area contributed by atoms with Crippen molar-refractivity contribution in [1.82, 2.24) is 4.57 Å². The van der Waals surface area contributed by atoms with E-state index in [-0.39, 0.29) is 11.1 Å². The topological polar surface area (TPSA) is 79.1 Å². The van der Waals surface area contributed by atoms with Crippen LogP contribution in [-0.2, 0) is 16.1 Å². The number of aromatic nitrogens is 1. The van der Waals surface area contributed by atoms with Gasteiger partial charge in [-0.1, -0.05) is 71.5 Å². The molecule has 0 saturated heterocycles. The van der Waals surface area contributed by atoms with Gasteiger partial charge in [0, 0.05) is 16.1 Å². The number of para-hydroxylation sites is 1. The molecule has 2 heterocycles. The maximum Gasteiger partial charge on any atom is 0.338 e. The second kappa shape index (κ2) is 11.3. The van der Waals surface area contributed by atoms with Crippen LogP contribution < -0.4 is 24.4 Å². The fourth-order valence-corrected chi connectivity index (χ4v) is 5.73. The Bertz CT molecular complexity index is 1760. The van der Waals surface area contributed by atoms with E-state index in [9.17, 15) is 9.59 Å². The van der Waals surface area contributed by atoms with Crippen LogP contribution in [0, 0.1) is 0 Å². The minimum atomic E-state index is -0.839.